The van der Waals surface area contributed by atoms with Gasteiger partial charge in [0.1, 0.15) is 5.76 Å². The predicted molar refractivity (Wildman–Crippen MR) is 78.8 cm³/mol. The zero-order chi connectivity index (χ0) is 15.4. The molecule has 0 saturated heterocycles. The van der Waals surface area contributed by atoms with Crippen molar-refractivity contribution in [2.45, 2.75) is 13.5 Å². The van der Waals surface area contributed by atoms with Crippen LogP contribution in [-0.4, -0.2) is 32.1 Å². The lowest BCUT2D eigenvalue weighted by Crippen LogP contribution is -2.26. The molecule has 2 rings (SSSR count). The molecule has 0 unspecified atom stereocenters. The molecule has 0 saturated carbocycles. The first-order valence-corrected chi connectivity index (χ1v) is 6.58. The van der Waals surface area contributed by atoms with E-state index < -0.39 is 0 Å². The minimum atomic E-state index is -0.173. The van der Waals surface area contributed by atoms with E-state index in [1.165, 1.54) is 0 Å². The number of rotatable bonds is 5. The van der Waals surface area contributed by atoms with Crippen molar-refractivity contribution in [1.29, 1.82) is 0 Å². The molecule has 112 valence electrons. The van der Waals surface area contributed by atoms with E-state index in [1.807, 2.05) is 25.1 Å². The maximum atomic E-state index is 12.3. The van der Waals surface area contributed by atoms with Gasteiger partial charge in [-0.25, -0.2) is 0 Å². The van der Waals surface area contributed by atoms with E-state index in [0.29, 0.717) is 29.6 Å². The van der Waals surface area contributed by atoms with E-state index >= 15 is 0 Å². The van der Waals surface area contributed by atoms with Crippen LogP contribution in [0.2, 0.25) is 0 Å². The summed E-state index contributed by atoms with van der Waals surface area (Å²) in [6, 6.07) is 9.04. The first-order valence-electron chi connectivity index (χ1n) is 6.58. The van der Waals surface area contributed by atoms with Crippen LogP contribution in [0.1, 0.15) is 21.9 Å². The Balaban J connectivity index is 2.19. The monoisotopic (exact) mass is 289 g/mol. The molecule has 1 aromatic heterocycles. The van der Waals surface area contributed by atoms with Gasteiger partial charge in [0.05, 0.1) is 14.2 Å². The average molecular weight is 289 g/mol. The van der Waals surface area contributed by atoms with Gasteiger partial charge in [0.2, 0.25) is 0 Å². The largest absolute Gasteiger partial charge is 0.493 e. The number of para-hydroxylation sites is 1. The number of amides is 1. The summed E-state index contributed by atoms with van der Waals surface area (Å²) in [5.74, 6) is 2.15. The van der Waals surface area contributed by atoms with E-state index in [4.69, 9.17) is 13.9 Å². The number of hydrogen-bond acceptors (Lipinski definition) is 4. The normalized spacial score (nSPS) is 10.3. The van der Waals surface area contributed by atoms with Gasteiger partial charge in [-0.1, -0.05) is 12.1 Å². The first-order chi connectivity index (χ1) is 10.1. The lowest BCUT2D eigenvalue weighted by Gasteiger charge is -2.19. The van der Waals surface area contributed by atoms with Gasteiger partial charge in [0.15, 0.2) is 17.3 Å². The summed E-state index contributed by atoms with van der Waals surface area (Å²) >= 11 is 0. The Bertz CT molecular complexity index is 633. The van der Waals surface area contributed by atoms with E-state index in [2.05, 4.69) is 0 Å². The Morgan fingerprint density at radius 2 is 1.95 bits per heavy atom. The van der Waals surface area contributed by atoms with E-state index in [9.17, 15) is 4.79 Å². The Kier molecular flexibility index (Phi) is 4.52. The SMILES string of the molecule is COc1cccc(CN(C)C(=O)c2ccc(C)o2)c1OC. The summed E-state index contributed by atoms with van der Waals surface area (Å²) in [5.41, 5.74) is 0.871. The summed E-state index contributed by atoms with van der Waals surface area (Å²) in [6.07, 6.45) is 0. The molecule has 0 radical (unpaired) electrons. The van der Waals surface area contributed by atoms with Crippen molar-refractivity contribution >= 4 is 5.91 Å². The third kappa shape index (κ3) is 3.18. The minimum absolute atomic E-state index is 0.173. The second-order valence-electron chi connectivity index (χ2n) is 4.72. The van der Waals surface area contributed by atoms with Crippen LogP contribution in [0.25, 0.3) is 0 Å². The average Bonchev–Trinajstić information content (AvgIpc) is 2.92. The quantitative estimate of drug-likeness (QED) is 0.849. The van der Waals surface area contributed by atoms with Crippen molar-refractivity contribution in [1.82, 2.24) is 4.90 Å². The van der Waals surface area contributed by atoms with Gasteiger partial charge in [-0.15, -0.1) is 0 Å². The Labute approximate surface area is 124 Å². The van der Waals surface area contributed by atoms with Crippen molar-refractivity contribution in [2.75, 3.05) is 21.3 Å². The lowest BCUT2D eigenvalue weighted by molar-refractivity contribution is 0.0751. The number of methoxy groups -OCH3 is 2. The van der Waals surface area contributed by atoms with Crippen LogP contribution >= 0.6 is 0 Å². The van der Waals surface area contributed by atoms with Crippen molar-refractivity contribution < 1.29 is 18.7 Å². The molecule has 5 nitrogen and oxygen atoms in total. The van der Waals surface area contributed by atoms with Crippen LogP contribution in [0, 0.1) is 6.92 Å². The van der Waals surface area contributed by atoms with Gasteiger partial charge in [-0.2, -0.15) is 0 Å². The number of nitrogens with zero attached hydrogens (tertiary/aromatic N) is 1. The zero-order valence-corrected chi connectivity index (χ0v) is 12.7. The van der Waals surface area contributed by atoms with Gasteiger partial charge < -0.3 is 18.8 Å². The predicted octanol–water partition coefficient (Wildman–Crippen LogP) is 2.88. The summed E-state index contributed by atoms with van der Waals surface area (Å²) < 4.78 is 16.0. The lowest BCUT2D eigenvalue weighted by atomic mass is 10.1. The fourth-order valence-electron chi connectivity index (χ4n) is 2.14. The first kappa shape index (κ1) is 15.0. The van der Waals surface area contributed by atoms with E-state index in [-0.39, 0.29) is 5.91 Å². The van der Waals surface area contributed by atoms with Gasteiger partial charge in [-0.3, -0.25) is 4.79 Å². The Morgan fingerprint density at radius 1 is 1.19 bits per heavy atom. The van der Waals surface area contributed by atoms with Crippen molar-refractivity contribution in [3.05, 3.63) is 47.4 Å². The third-order valence-electron chi connectivity index (χ3n) is 3.19. The summed E-state index contributed by atoms with van der Waals surface area (Å²) in [6.45, 7) is 2.21. The van der Waals surface area contributed by atoms with Crippen molar-refractivity contribution in [3.63, 3.8) is 0 Å². The Hall–Kier alpha value is -2.43. The zero-order valence-electron chi connectivity index (χ0n) is 12.7. The number of benzene rings is 1. The van der Waals surface area contributed by atoms with Gasteiger partial charge in [0.25, 0.3) is 5.91 Å². The molecule has 1 amide bonds. The van der Waals surface area contributed by atoms with Crippen LogP contribution in [0.4, 0.5) is 0 Å². The molecule has 5 heteroatoms. The van der Waals surface area contributed by atoms with Crippen LogP contribution in [0.3, 0.4) is 0 Å². The molecule has 0 aliphatic carbocycles. The van der Waals surface area contributed by atoms with Crippen LogP contribution in [0.15, 0.2) is 34.7 Å². The number of carbonyl (C=O) groups excluding carboxylic acids is 1. The molecule has 0 spiro atoms. The Morgan fingerprint density at radius 3 is 2.52 bits per heavy atom. The molecule has 2 aromatic rings. The standard InChI is InChI=1S/C16H19NO4/c1-11-8-9-14(21-11)16(18)17(2)10-12-6-5-7-13(19-3)15(12)20-4/h5-9H,10H2,1-4H3. The maximum absolute atomic E-state index is 12.3. The molecular weight excluding hydrogens is 270 g/mol. The molecule has 21 heavy (non-hydrogen) atoms. The number of carbonyl (C=O) groups is 1. The second kappa shape index (κ2) is 6.35. The molecule has 0 N–H and O–H groups in total. The minimum Gasteiger partial charge on any atom is -0.493 e. The molecule has 0 bridgehead atoms. The number of aryl methyl sites for hydroxylation is 1. The smallest absolute Gasteiger partial charge is 0.289 e. The van der Waals surface area contributed by atoms with Crippen LogP contribution < -0.4 is 9.47 Å². The number of ether oxygens (including phenoxy) is 2. The van der Waals surface area contributed by atoms with Crippen molar-refractivity contribution in [3.8, 4) is 11.5 Å². The molecule has 1 aromatic carbocycles. The summed E-state index contributed by atoms with van der Waals surface area (Å²) in [4.78, 5) is 13.9. The topological polar surface area (TPSA) is 51.9 Å². The second-order valence-corrected chi connectivity index (χ2v) is 4.72. The highest BCUT2D eigenvalue weighted by atomic mass is 16.5. The van der Waals surface area contributed by atoms with Gasteiger partial charge in [-0.05, 0) is 25.1 Å². The maximum Gasteiger partial charge on any atom is 0.289 e. The third-order valence-corrected chi connectivity index (χ3v) is 3.19. The summed E-state index contributed by atoms with van der Waals surface area (Å²) in [5, 5.41) is 0. The molecule has 0 aliphatic heterocycles. The highest BCUT2D eigenvalue weighted by Gasteiger charge is 2.18. The van der Waals surface area contributed by atoms with E-state index in [0.717, 1.165) is 5.56 Å². The molecule has 0 fully saturated rings. The highest BCUT2D eigenvalue weighted by Crippen LogP contribution is 2.31. The highest BCUT2D eigenvalue weighted by molar-refractivity contribution is 5.91. The van der Waals surface area contributed by atoms with Gasteiger partial charge in [0, 0.05) is 19.2 Å². The number of hydrogen-bond donors (Lipinski definition) is 0. The van der Waals surface area contributed by atoms with Crippen molar-refractivity contribution in [2.24, 2.45) is 0 Å². The molecule has 1 heterocycles. The van der Waals surface area contributed by atoms with E-state index in [1.54, 1.807) is 38.3 Å². The van der Waals surface area contributed by atoms with Crippen LogP contribution in [-0.2, 0) is 6.54 Å². The number of furan rings is 1. The summed E-state index contributed by atoms with van der Waals surface area (Å²) in [7, 11) is 4.89. The van der Waals surface area contributed by atoms with Gasteiger partial charge >= 0.3 is 0 Å². The molecule has 0 atom stereocenters. The molecule has 0 aliphatic rings. The molecular formula is C16H19NO4. The fraction of sp³-hybridized carbons (Fsp3) is 0.312. The fourth-order valence-corrected chi connectivity index (χ4v) is 2.14. The van der Waals surface area contributed by atoms with Crippen LogP contribution in [0.5, 0.6) is 11.5 Å².